The molecule has 3 saturated heterocycles. The van der Waals surface area contributed by atoms with Gasteiger partial charge in [0, 0.05) is 44.3 Å². The van der Waals surface area contributed by atoms with Crippen LogP contribution in [0.3, 0.4) is 0 Å². The van der Waals surface area contributed by atoms with Gasteiger partial charge in [-0.05, 0) is 69.9 Å². The van der Waals surface area contributed by atoms with Crippen LogP contribution in [0.5, 0.6) is 0 Å². The van der Waals surface area contributed by atoms with E-state index in [-0.39, 0.29) is 60.1 Å². The average Bonchev–Trinajstić information content (AvgIpc) is 3.61. The first-order valence-electron chi connectivity index (χ1n) is 15.8. The molecule has 1 amide bonds. The van der Waals surface area contributed by atoms with Crippen molar-refractivity contribution in [2.45, 2.75) is 107 Å². The molecule has 9 heteroatoms. The lowest BCUT2D eigenvalue weighted by molar-refractivity contribution is -0.231. The molecule has 0 bridgehead atoms. The summed E-state index contributed by atoms with van der Waals surface area (Å²) in [6, 6.07) is -0.395. The summed E-state index contributed by atoms with van der Waals surface area (Å²) in [5, 5.41) is 3.02. The van der Waals surface area contributed by atoms with Gasteiger partial charge in [-0.2, -0.15) is 0 Å². The Hall–Kier alpha value is -1.55. The third-order valence-corrected chi connectivity index (χ3v) is 11.3. The zero-order valence-corrected chi connectivity index (χ0v) is 23.2. The van der Waals surface area contributed by atoms with Crippen molar-refractivity contribution in [3.05, 3.63) is 11.8 Å². The number of amides is 1. The fraction of sp³-hybridized carbons (Fsp3) is 0.867. The topological polar surface area (TPSA) is 91.1 Å². The lowest BCUT2D eigenvalue weighted by atomic mass is 9.64. The second-order valence-corrected chi connectivity index (χ2v) is 13.5. The maximum Gasteiger partial charge on any atom is 0.256 e. The van der Waals surface area contributed by atoms with E-state index in [1.165, 1.54) is 38.5 Å². The van der Waals surface area contributed by atoms with Gasteiger partial charge in [-0.15, -0.1) is 0 Å². The molecular weight excluding hydrogens is 497 g/mol. The number of hydrogen-bond acceptors (Lipinski definition) is 7. The van der Waals surface area contributed by atoms with Crippen LogP contribution in [0, 0.1) is 17.8 Å². The maximum absolute atomic E-state index is 16.2. The van der Waals surface area contributed by atoms with Gasteiger partial charge in [0.1, 0.15) is 6.17 Å². The molecule has 9 unspecified atom stereocenters. The molecule has 0 aromatic heterocycles. The normalized spacial score (nSPS) is 44.4. The van der Waals surface area contributed by atoms with E-state index in [4.69, 9.17) is 10.5 Å². The fourth-order valence-corrected chi connectivity index (χ4v) is 9.45. The van der Waals surface area contributed by atoms with Crippen molar-refractivity contribution >= 4 is 11.7 Å². The average molecular weight is 544 g/mol. The molecule has 0 aromatic carbocycles. The highest BCUT2D eigenvalue weighted by Crippen LogP contribution is 2.51. The molecule has 3 aliphatic carbocycles. The predicted octanol–water partition coefficient (Wildman–Crippen LogP) is 1.83. The van der Waals surface area contributed by atoms with Gasteiger partial charge in [0.2, 0.25) is 0 Å². The van der Waals surface area contributed by atoms with Crippen molar-refractivity contribution in [2.75, 3.05) is 39.3 Å². The lowest BCUT2D eigenvalue weighted by Gasteiger charge is -2.62. The van der Waals surface area contributed by atoms with E-state index in [1.54, 1.807) is 0 Å². The summed E-state index contributed by atoms with van der Waals surface area (Å²) in [5.74, 6) is 0.0905. The van der Waals surface area contributed by atoms with E-state index >= 15 is 4.39 Å². The number of halogens is 1. The Bertz CT molecular complexity index is 988. The Balaban J connectivity index is 1.19. The van der Waals surface area contributed by atoms with Gasteiger partial charge in [0.05, 0.1) is 35.9 Å². The Labute approximate surface area is 231 Å². The van der Waals surface area contributed by atoms with Crippen molar-refractivity contribution in [2.24, 2.45) is 23.5 Å². The summed E-state index contributed by atoms with van der Waals surface area (Å²) >= 11 is 0. The number of ether oxygens (including phenoxy) is 1. The highest BCUT2D eigenvalue weighted by molar-refractivity contribution is 6.20. The third kappa shape index (κ3) is 4.65. The summed E-state index contributed by atoms with van der Waals surface area (Å²) in [5.41, 5.74) is 6.48. The summed E-state index contributed by atoms with van der Waals surface area (Å²) < 4.78 is 23.2. The van der Waals surface area contributed by atoms with Crippen LogP contribution in [-0.2, 0) is 14.3 Å². The molecule has 8 nitrogen and oxygen atoms in total. The van der Waals surface area contributed by atoms with Crippen molar-refractivity contribution in [1.29, 1.82) is 0 Å². The Morgan fingerprint density at radius 1 is 1.03 bits per heavy atom. The summed E-state index contributed by atoms with van der Waals surface area (Å²) in [4.78, 5) is 34.1. The fourth-order valence-electron chi connectivity index (χ4n) is 9.45. The molecule has 0 radical (unpaired) electrons. The number of fused-ring (bicyclic) bond motifs is 4. The Morgan fingerprint density at radius 2 is 1.85 bits per heavy atom. The largest absolute Gasteiger partial charge is 0.369 e. The van der Waals surface area contributed by atoms with E-state index in [0.717, 1.165) is 45.4 Å². The number of alkyl halides is 1. The molecule has 7 rings (SSSR count). The highest BCUT2D eigenvalue weighted by Gasteiger charge is 2.61. The number of rotatable bonds is 5. The molecule has 0 spiro atoms. The van der Waals surface area contributed by atoms with Gasteiger partial charge >= 0.3 is 0 Å². The van der Waals surface area contributed by atoms with Gasteiger partial charge in [-0.25, -0.2) is 4.39 Å². The molecule has 4 aliphatic heterocycles. The van der Waals surface area contributed by atoms with Gasteiger partial charge in [0.25, 0.3) is 5.91 Å². The number of nitrogens with one attached hydrogen (secondary N) is 1. The van der Waals surface area contributed by atoms with E-state index in [9.17, 15) is 9.59 Å². The number of carbonyl (C=O) groups excluding carboxylic acids is 2. The number of nitrogens with zero attached hydrogens (tertiary/aromatic N) is 3. The van der Waals surface area contributed by atoms with Crippen LogP contribution in [-0.4, -0.2) is 108 Å². The molecule has 4 heterocycles. The first-order valence-corrected chi connectivity index (χ1v) is 15.8. The van der Waals surface area contributed by atoms with Crippen molar-refractivity contribution in [1.82, 2.24) is 20.0 Å². The summed E-state index contributed by atoms with van der Waals surface area (Å²) in [6.45, 7) is 4.93. The SMILES string of the molecule is N[C@@H]1CCN(C2C(F)CC3C(=O)C(C(=O)NCCN4CCCC4)=CN4C5CCC6CCCCC6C5OC2C34)C1. The van der Waals surface area contributed by atoms with Gasteiger partial charge in [-0.3, -0.25) is 14.5 Å². The minimum atomic E-state index is -1.17. The van der Waals surface area contributed by atoms with Crippen LogP contribution in [0.25, 0.3) is 0 Å². The van der Waals surface area contributed by atoms with Crippen LogP contribution >= 0.6 is 0 Å². The second kappa shape index (κ2) is 10.7. The van der Waals surface area contributed by atoms with E-state index in [1.807, 2.05) is 6.20 Å². The Morgan fingerprint density at radius 3 is 2.64 bits per heavy atom. The number of hydrogen-bond donors (Lipinski definition) is 2. The third-order valence-electron chi connectivity index (χ3n) is 11.3. The number of ketones is 1. The lowest BCUT2D eigenvalue weighted by Crippen LogP contribution is -2.74. The number of carbonyl (C=O) groups is 2. The minimum Gasteiger partial charge on any atom is -0.369 e. The number of Topliss-reactive ketones (excluding diaryl/α,β-unsaturated/α-hetero) is 1. The Kier molecular flexibility index (Phi) is 7.23. The van der Waals surface area contributed by atoms with Gasteiger partial charge < -0.3 is 25.6 Å². The molecule has 6 fully saturated rings. The molecule has 10 atom stereocenters. The van der Waals surface area contributed by atoms with Crippen LogP contribution < -0.4 is 11.1 Å². The molecule has 39 heavy (non-hydrogen) atoms. The first kappa shape index (κ1) is 26.4. The highest BCUT2D eigenvalue weighted by atomic mass is 19.1. The summed E-state index contributed by atoms with van der Waals surface area (Å²) in [7, 11) is 0. The minimum absolute atomic E-state index is 0.0268. The van der Waals surface area contributed by atoms with Crippen LogP contribution in [0.15, 0.2) is 11.8 Å². The predicted molar refractivity (Wildman–Crippen MR) is 145 cm³/mol. The zero-order valence-electron chi connectivity index (χ0n) is 23.2. The van der Waals surface area contributed by atoms with E-state index < -0.39 is 12.1 Å². The summed E-state index contributed by atoms with van der Waals surface area (Å²) in [6.07, 6.45) is 10.9. The second-order valence-electron chi connectivity index (χ2n) is 13.5. The number of morpholine rings is 1. The van der Waals surface area contributed by atoms with E-state index in [0.29, 0.717) is 24.9 Å². The zero-order chi connectivity index (χ0) is 26.7. The van der Waals surface area contributed by atoms with Crippen molar-refractivity contribution in [3.8, 4) is 0 Å². The van der Waals surface area contributed by atoms with Crippen molar-refractivity contribution in [3.63, 3.8) is 0 Å². The first-order chi connectivity index (χ1) is 19.0. The van der Waals surface area contributed by atoms with Crippen LogP contribution in [0.1, 0.15) is 64.2 Å². The maximum atomic E-state index is 16.2. The molecule has 0 aromatic rings. The van der Waals surface area contributed by atoms with Crippen molar-refractivity contribution < 1.29 is 18.7 Å². The van der Waals surface area contributed by atoms with Crippen LogP contribution in [0.4, 0.5) is 4.39 Å². The smallest absolute Gasteiger partial charge is 0.256 e. The molecule has 216 valence electrons. The van der Waals surface area contributed by atoms with Crippen LogP contribution in [0.2, 0.25) is 0 Å². The monoisotopic (exact) mass is 543 g/mol. The van der Waals surface area contributed by atoms with Gasteiger partial charge in [-0.1, -0.05) is 19.3 Å². The molecular formula is C30H46FN5O3. The number of nitrogens with two attached hydrogens (primary N) is 1. The molecule has 3 saturated carbocycles. The van der Waals surface area contributed by atoms with Gasteiger partial charge in [0.15, 0.2) is 5.78 Å². The standard InChI is InChI=1S/C30H46FN5O3/c31-23-15-21-25-29(26(23)35-13-9-19(32)16-35)39-28-20-6-2-1-5-18(20)7-8-24(28)36(25)17-22(27(21)37)30(38)33-10-14-34-11-3-4-12-34/h17-21,23-26,28-29H,1-16,32H2,(H,33,38)/t18?,19-,20?,21?,23?,24?,25?,26?,28?,29?/m1/s1. The van der Waals surface area contributed by atoms with E-state index in [2.05, 4.69) is 20.0 Å². The molecule has 7 aliphatic rings. The molecule has 3 N–H and O–H groups in total. The quantitative estimate of drug-likeness (QED) is 0.512. The number of likely N-dealkylation sites (tertiary alicyclic amines) is 2.